The topological polar surface area (TPSA) is 106 Å². The van der Waals surface area contributed by atoms with Crippen LogP contribution in [0.2, 0.25) is 0 Å². The molecule has 0 saturated carbocycles. The molecular formula is C26H27NO7. The van der Waals surface area contributed by atoms with Crippen LogP contribution >= 0.6 is 0 Å². The molecule has 0 saturated heterocycles. The van der Waals surface area contributed by atoms with Gasteiger partial charge in [-0.1, -0.05) is 6.07 Å². The lowest BCUT2D eigenvalue weighted by atomic mass is 10.1. The maximum Gasteiger partial charge on any atom is 0.248 e. The Morgan fingerprint density at radius 1 is 0.882 bits per heavy atom. The molecule has 8 heteroatoms. The van der Waals surface area contributed by atoms with E-state index in [9.17, 15) is 15.0 Å². The second-order valence-corrected chi connectivity index (χ2v) is 7.23. The normalized spacial score (nSPS) is 10.7. The van der Waals surface area contributed by atoms with Crippen LogP contribution in [0.25, 0.3) is 6.08 Å². The van der Waals surface area contributed by atoms with Gasteiger partial charge in [0, 0.05) is 18.2 Å². The quantitative estimate of drug-likeness (QED) is 0.301. The minimum atomic E-state index is -0.330. The number of aromatic hydroxyl groups is 2. The summed E-state index contributed by atoms with van der Waals surface area (Å²) in [5, 5.41) is 21.6. The predicted octanol–water partition coefficient (Wildman–Crippen LogP) is 4.40. The Hall–Kier alpha value is -4.33. The van der Waals surface area contributed by atoms with Crippen LogP contribution in [0.5, 0.6) is 34.5 Å². The molecule has 34 heavy (non-hydrogen) atoms. The molecule has 178 valence electrons. The molecule has 1 amide bonds. The van der Waals surface area contributed by atoms with Gasteiger partial charge in [-0.05, 0) is 65.7 Å². The van der Waals surface area contributed by atoms with Gasteiger partial charge in [0.25, 0.3) is 0 Å². The number of phenolic OH excluding ortho intramolecular Hbond substituents is 2. The Morgan fingerprint density at radius 2 is 1.56 bits per heavy atom. The highest BCUT2D eigenvalue weighted by Crippen LogP contribution is 2.38. The SMILES string of the molecule is COc1cc(CCOc2ccc(NC(=O)/C=C/c3ccc(O)c(O)c3)cc2)cc(OC)c1OC. The number of anilines is 1. The second-order valence-electron chi connectivity index (χ2n) is 7.23. The largest absolute Gasteiger partial charge is 0.504 e. The highest BCUT2D eigenvalue weighted by atomic mass is 16.5. The van der Waals surface area contributed by atoms with E-state index < -0.39 is 0 Å². The summed E-state index contributed by atoms with van der Waals surface area (Å²) in [6.07, 6.45) is 3.51. The third kappa shape index (κ3) is 6.35. The first kappa shape index (κ1) is 24.3. The number of benzene rings is 3. The summed E-state index contributed by atoms with van der Waals surface area (Å²) >= 11 is 0. The van der Waals surface area contributed by atoms with E-state index in [0.29, 0.717) is 47.3 Å². The number of nitrogens with one attached hydrogen (secondary N) is 1. The number of rotatable bonds is 10. The minimum Gasteiger partial charge on any atom is -0.504 e. The van der Waals surface area contributed by atoms with Crippen LogP contribution in [0.3, 0.4) is 0 Å². The van der Waals surface area contributed by atoms with Gasteiger partial charge in [-0.2, -0.15) is 0 Å². The lowest BCUT2D eigenvalue weighted by molar-refractivity contribution is -0.111. The lowest BCUT2D eigenvalue weighted by Gasteiger charge is -2.14. The van der Waals surface area contributed by atoms with E-state index in [1.165, 1.54) is 24.3 Å². The van der Waals surface area contributed by atoms with Crippen molar-refractivity contribution < 1.29 is 34.0 Å². The van der Waals surface area contributed by atoms with E-state index in [1.807, 2.05) is 12.1 Å². The molecule has 0 aliphatic rings. The van der Waals surface area contributed by atoms with Gasteiger partial charge in [-0.3, -0.25) is 4.79 Å². The summed E-state index contributed by atoms with van der Waals surface area (Å²) < 4.78 is 21.9. The maximum absolute atomic E-state index is 12.1. The molecule has 0 aliphatic carbocycles. The molecule has 8 nitrogen and oxygen atoms in total. The van der Waals surface area contributed by atoms with E-state index in [4.69, 9.17) is 18.9 Å². The first-order valence-electron chi connectivity index (χ1n) is 10.5. The summed E-state index contributed by atoms with van der Waals surface area (Å²) in [7, 11) is 4.71. The van der Waals surface area contributed by atoms with Gasteiger partial charge in [0.15, 0.2) is 23.0 Å². The van der Waals surface area contributed by atoms with E-state index in [0.717, 1.165) is 5.56 Å². The zero-order valence-electron chi connectivity index (χ0n) is 19.2. The zero-order chi connectivity index (χ0) is 24.5. The van der Waals surface area contributed by atoms with Crippen LogP contribution in [0, 0.1) is 0 Å². The molecule has 3 rings (SSSR count). The molecule has 3 aromatic rings. The average Bonchev–Trinajstić information content (AvgIpc) is 2.85. The van der Waals surface area contributed by atoms with Gasteiger partial charge in [0.1, 0.15) is 5.75 Å². The van der Waals surface area contributed by atoms with E-state index >= 15 is 0 Å². The van der Waals surface area contributed by atoms with E-state index in [-0.39, 0.29) is 17.4 Å². The predicted molar refractivity (Wildman–Crippen MR) is 129 cm³/mol. The van der Waals surface area contributed by atoms with Gasteiger partial charge in [-0.15, -0.1) is 0 Å². The summed E-state index contributed by atoms with van der Waals surface area (Å²) in [5.74, 6) is 1.60. The first-order chi connectivity index (χ1) is 16.4. The number of phenols is 2. The Bertz CT molecular complexity index is 1130. The van der Waals surface area contributed by atoms with Crippen LogP contribution in [0.4, 0.5) is 5.69 Å². The van der Waals surface area contributed by atoms with Crippen molar-refractivity contribution >= 4 is 17.7 Å². The summed E-state index contributed by atoms with van der Waals surface area (Å²) in [6.45, 7) is 0.437. The van der Waals surface area contributed by atoms with Crippen molar-refractivity contribution in [3.63, 3.8) is 0 Å². The Labute approximate surface area is 198 Å². The Kier molecular flexibility index (Phi) is 8.23. The minimum absolute atomic E-state index is 0.215. The van der Waals surface area contributed by atoms with E-state index in [2.05, 4.69) is 5.32 Å². The number of amides is 1. The average molecular weight is 466 g/mol. The van der Waals surface area contributed by atoms with Crippen molar-refractivity contribution in [1.29, 1.82) is 0 Å². The maximum atomic E-state index is 12.1. The van der Waals surface area contributed by atoms with Crippen molar-refractivity contribution in [2.45, 2.75) is 6.42 Å². The number of carbonyl (C=O) groups excluding carboxylic acids is 1. The van der Waals surface area contributed by atoms with Gasteiger partial charge in [0.2, 0.25) is 11.7 Å². The summed E-state index contributed by atoms with van der Waals surface area (Å²) in [4.78, 5) is 12.1. The van der Waals surface area contributed by atoms with Crippen LogP contribution in [0.15, 0.2) is 60.7 Å². The molecule has 0 unspecified atom stereocenters. The molecule has 0 radical (unpaired) electrons. The number of carbonyl (C=O) groups is 1. The van der Waals surface area contributed by atoms with Crippen molar-refractivity contribution in [1.82, 2.24) is 0 Å². The molecule has 3 aromatic carbocycles. The Balaban J connectivity index is 1.52. The number of ether oxygens (including phenoxy) is 4. The van der Waals surface area contributed by atoms with Crippen LogP contribution in [-0.2, 0) is 11.2 Å². The number of methoxy groups -OCH3 is 3. The van der Waals surface area contributed by atoms with Crippen LogP contribution in [0.1, 0.15) is 11.1 Å². The standard InChI is InChI=1S/C26H27NO7/c1-31-23-15-18(16-24(32-2)26(23)33-3)12-13-34-20-8-6-19(7-9-20)27-25(30)11-5-17-4-10-21(28)22(29)14-17/h4-11,14-16,28-29H,12-13H2,1-3H3,(H,27,30)/b11-5+. The molecule has 0 spiro atoms. The summed E-state index contributed by atoms with van der Waals surface area (Å²) in [6, 6.07) is 15.1. The fourth-order valence-corrected chi connectivity index (χ4v) is 3.20. The molecule has 0 heterocycles. The van der Waals surface area contributed by atoms with Gasteiger partial charge < -0.3 is 34.5 Å². The van der Waals surface area contributed by atoms with Gasteiger partial charge in [-0.25, -0.2) is 0 Å². The fourth-order valence-electron chi connectivity index (χ4n) is 3.20. The monoisotopic (exact) mass is 465 g/mol. The molecule has 3 N–H and O–H groups in total. The van der Waals surface area contributed by atoms with Crippen LogP contribution < -0.4 is 24.3 Å². The molecule has 0 bridgehead atoms. The van der Waals surface area contributed by atoms with Crippen molar-refractivity contribution in [2.75, 3.05) is 33.3 Å². The van der Waals surface area contributed by atoms with Crippen LogP contribution in [-0.4, -0.2) is 44.1 Å². The fraction of sp³-hybridized carbons (Fsp3) is 0.192. The lowest BCUT2D eigenvalue weighted by Crippen LogP contribution is -2.07. The highest BCUT2D eigenvalue weighted by molar-refractivity contribution is 6.01. The summed E-state index contributed by atoms with van der Waals surface area (Å²) in [5.41, 5.74) is 2.17. The number of hydrogen-bond acceptors (Lipinski definition) is 7. The molecule has 0 aromatic heterocycles. The number of hydrogen-bond donors (Lipinski definition) is 3. The van der Waals surface area contributed by atoms with Crippen molar-refractivity contribution in [3.8, 4) is 34.5 Å². The van der Waals surface area contributed by atoms with E-state index in [1.54, 1.807) is 51.7 Å². The van der Waals surface area contributed by atoms with Gasteiger partial charge in [0.05, 0.1) is 27.9 Å². The smallest absolute Gasteiger partial charge is 0.248 e. The molecule has 0 fully saturated rings. The van der Waals surface area contributed by atoms with Crippen molar-refractivity contribution in [2.24, 2.45) is 0 Å². The van der Waals surface area contributed by atoms with Crippen molar-refractivity contribution in [3.05, 3.63) is 71.8 Å². The third-order valence-electron chi connectivity index (χ3n) is 4.93. The first-order valence-corrected chi connectivity index (χ1v) is 10.5. The molecule has 0 aliphatic heterocycles. The molecule has 0 atom stereocenters. The third-order valence-corrected chi connectivity index (χ3v) is 4.93. The highest BCUT2D eigenvalue weighted by Gasteiger charge is 2.13. The zero-order valence-corrected chi connectivity index (χ0v) is 19.2. The second kappa shape index (κ2) is 11.5. The Morgan fingerprint density at radius 3 is 2.15 bits per heavy atom. The van der Waals surface area contributed by atoms with Gasteiger partial charge >= 0.3 is 0 Å². The molecular weight excluding hydrogens is 438 g/mol.